The van der Waals surface area contributed by atoms with E-state index in [0.29, 0.717) is 26.5 Å². The number of benzene rings is 1. The third-order valence-electron chi connectivity index (χ3n) is 5.28. The van der Waals surface area contributed by atoms with Crippen LogP contribution in [0.3, 0.4) is 0 Å². The van der Waals surface area contributed by atoms with Crippen molar-refractivity contribution in [2.24, 2.45) is 10.9 Å². The second kappa shape index (κ2) is 8.20. The predicted octanol–water partition coefficient (Wildman–Crippen LogP) is 4.62. The van der Waals surface area contributed by atoms with Crippen molar-refractivity contribution in [3.8, 4) is 0 Å². The lowest BCUT2D eigenvalue weighted by Crippen LogP contribution is -2.27. The second-order valence-corrected chi connectivity index (χ2v) is 8.86. The lowest BCUT2D eigenvalue weighted by atomic mass is 9.85. The van der Waals surface area contributed by atoms with Crippen molar-refractivity contribution < 1.29 is 9.59 Å². The molecule has 31 heavy (non-hydrogen) atoms. The quantitative estimate of drug-likeness (QED) is 0.566. The van der Waals surface area contributed by atoms with Crippen LogP contribution in [-0.2, 0) is 9.59 Å². The molecule has 1 saturated heterocycles. The number of aliphatic imine (C=N–C) groups is 1. The van der Waals surface area contributed by atoms with Gasteiger partial charge in [-0.2, -0.15) is 5.10 Å². The Morgan fingerprint density at radius 3 is 2.97 bits per heavy atom. The molecule has 2 N–H and O–H groups in total. The molecule has 2 fully saturated rings. The number of thioether (sulfide) groups is 1. The number of nitrogens with one attached hydrogen (secondary N) is 2. The van der Waals surface area contributed by atoms with Gasteiger partial charge in [-0.05, 0) is 72.6 Å². The number of carbonyl (C=O) groups excluding carboxylic acids is 2. The number of rotatable bonds is 4. The third-order valence-corrected chi connectivity index (χ3v) is 6.51. The highest BCUT2D eigenvalue weighted by Gasteiger charge is 2.26. The van der Waals surface area contributed by atoms with E-state index in [2.05, 4.69) is 20.7 Å². The van der Waals surface area contributed by atoms with E-state index in [1.54, 1.807) is 28.9 Å². The van der Waals surface area contributed by atoms with Gasteiger partial charge in [-0.15, -0.1) is 0 Å². The molecule has 2 aliphatic rings. The smallest absolute Gasteiger partial charge is 0.264 e. The minimum atomic E-state index is -0.220. The van der Waals surface area contributed by atoms with Crippen LogP contribution in [0.1, 0.15) is 24.8 Å². The van der Waals surface area contributed by atoms with Gasteiger partial charge in [0.2, 0.25) is 5.91 Å². The SMILES string of the molecule is O=C1N/C(=N/c2cc(NC(=O)C3CCC3)ccc2Cl)S/C1=C\c1ccn2nccc2c1. The van der Waals surface area contributed by atoms with Gasteiger partial charge in [0.1, 0.15) is 0 Å². The van der Waals surface area contributed by atoms with Gasteiger partial charge < -0.3 is 10.6 Å². The Hall–Kier alpha value is -3.10. The lowest BCUT2D eigenvalue weighted by molar-refractivity contribution is -0.122. The fraction of sp³-hybridized carbons (Fsp3) is 0.182. The number of hydrogen-bond acceptors (Lipinski definition) is 5. The van der Waals surface area contributed by atoms with E-state index in [-0.39, 0.29) is 17.7 Å². The molecule has 2 amide bonds. The first-order valence-corrected chi connectivity index (χ1v) is 11.1. The molecule has 7 nitrogen and oxygen atoms in total. The summed E-state index contributed by atoms with van der Waals surface area (Å²) in [5.41, 5.74) is 2.96. The maximum atomic E-state index is 12.4. The van der Waals surface area contributed by atoms with Crippen molar-refractivity contribution in [1.29, 1.82) is 0 Å². The number of nitrogens with zero attached hydrogens (tertiary/aromatic N) is 3. The van der Waals surface area contributed by atoms with Crippen molar-refractivity contribution >= 4 is 63.3 Å². The highest BCUT2D eigenvalue weighted by atomic mass is 35.5. The predicted molar refractivity (Wildman–Crippen MR) is 123 cm³/mol. The van der Waals surface area contributed by atoms with E-state index < -0.39 is 0 Å². The third kappa shape index (κ3) is 4.22. The maximum absolute atomic E-state index is 12.4. The summed E-state index contributed by atoms with van der Waals surface area (Å²) >= 11 is 7.54. The molecule has 0 spiro atoms. The number of aromatic nitrogens is 2. The lowest BCUT2D eigenvalue weighted by Gasteiger charge is -2.24. The van der Waals surface area contributed by atoms with Crippen LogP contribution in [0.15, 0.2) is 58.7 Å². The topological polar surface area (TPSA) is 87.9 Å². The van der Waals surface area contributed by atoms with Crippen LogP contribution < -0.4 is 10.6 Å². The summed E-state index contributed by atoms with van der Waals surface area (Å²) in [5, 5.41) is 10.7. The summed E-state index contributed by atoms with van der Waals surface area (Å²) in [5.74, 6) is -0.108. The summed E-state index contributed by atoms with van der Waals surface area (Å²) in [6.45, 7) is 0. The zero-order chi connectivity index (χ0) is 21.4. The maximum Gasteiger partial charge on any atom is 0.264 e. The molecule has 0 unspecified atom stereocenters. The molecule has 0 atom stereocenters. The number of halogens is 1. The average Bonchev–Trinajstić information content (AvgIpc) is 3.29. The van der Waals surface area contributed by atoms with Crippen molar-refractivity contribution in [1.82, 2.24) is 14.9 Å². The molecule has 0 radical (unpaired) electrons. The van der Waals surface area contributed by atoms with Crippen LogP contribution in [-0.4, -0.2) is 26.6 Å². The highest BCUT2D eigenvalue weighted by Crippen LogP contribution is 2.34. The van der Waals surface area contributed by atoms with Crippen molar-refractivity contribution in [2.45, 2.75) is 19.3 Å². The molecule has 1 saturated carbocycles. The largest absolute Gasteiger partial charge is 0.326 e. The molecular weight excluding hydrogens is 434 g/mol. The molecule has 1 aromatic carbocycles. The minimum Gasteiger partial charge on any atom is -0.326 e. The Labute approximate surface area is 187 Å². The number of amidine groups is 1. The zero-order valence-corrected chi connectivity index (χ0v) is 17.9. The molecule has 0 bridgehead atoms. The van der Waals surface area contributed by atoms with Crippen LogP contribution in [0.5, 0.6) is 0 Å². The Balaban J connectivity index is 1.35. The van der Waals surface area contributed by atoms with Crippen LogP contribution in [0.4, 0.5) is 11.4 Å². The van der Waals surface area contributed by atoms with Crippen LogP contribution in [0.25, 0.3) is 11.6 Å². The first-order valence-electron chi connectivity index (χ1n) is 9.88. The Morgan fingerprint density at radius 1 is 1.29 bits per heavy atom. The Morgan fingerprint density at radius 2 is 2.16 bits per heavy atom. The van der Waals surface area contributed by atoms with Crippen molar-refractivity contribution in [3.05, 3.63) is 64.3 Å². The summed E-state index contributed by atoms with van der Waals surface area (Å²) < 4.78 is 1.76. The van der Waals surface area contributed by atoms with Gasteiger partial charge in [0.15, 0.2) is 5.17 Å². The van der Waals surface area contributed by atoms with Gasteiger partial charge in [-0.1, -0.05) is 18.0 Å². The number of fused-ring (bicyclic) bond motifs is 1. The van der Waals surface area contributed by atoms with E-state index in [4.69, 9.17) is 11.6 Å². The Kier molecular flexibility index (Phi) is 5.25. The van der Waals surface area contributed by atoms with Crippen molar-refractivity contribution in [3.63, 3.8) is 0 Å². The van der Waals surface area contributed by atoms with Crippen LogP contribution >= 0.6 is 23.4 Å². The molecule has 2 aromatic heterocycles. The number of pyridine rings is 1. The number of carbonyl (C=O) groups is 2. The summed E-state index contributed by atoms with van der Waals surface area (Å²) in [6.07, 6.45) is 8.34. The van der Waals surface area contributed by atoms with Crippen LogP contribution in [0.2, 0.25) is 5.02 Å². The fourth-order valence-corrected chi connectivity index (χ4v) is 4.36. The minimum absolute atomic E-state index is 0.0242. The molecule has 156 valence electrons. The summed E-state index contributed by atoms with van der Waals surface area (Å²) in [6, 6.07) is 10.9. The summed E-state index contributed by atoms with van der Waals surface area (Å²) in [4.78, 5) is 29.7. The van der Waals surface area contributed by atoms with Gasteiger partial charge in [0, 0.05) is 24.0 Å². The molecule has 3 aromatic rings. The number of anilines is 1. The van der Waals surface area contributed by atoms with E-state index in [0.717, 1.165) is 30.3 Å². The molecule has 1 aliphatic heterocycles. The van der Waals surface area contributed by atoms with Crippen molar-refractivity contribution in [2.75, 3.05) is 5.32 Å². The van der Waals surface area contributed by atoms with Crippen LogP contribution in [0, 0.1) is 5.92 Å². The molecular formula is C22H18ClN5O2S. The zero-order valence-electron chi connectivity index (χ0n) is 16.3. The molecule has 3 heterocycles. The number of hydrogen-bond donors (Lipinski definition) is 2. The van der Waals surface area contributed by atoms with Gasteiger partial charge in [-0.25, -0.2) is 9.51 Å². The monoisotopic (exact) mass is 451 g/mol. The molecule has 9 heteroatoms. The normalized spacial score (nSPS) is 19.1. The van der Waals surface area contributed by atoms with E-state index in [9.17, 15) is 9.59 Å². The average molecular weight is 452 g/mol. The van der Waals surface area contributed by atoms with Gasteiger partial charge in [-0.3, -0.25) is 9.59 Å². The molecule has 1 aliphatic carbocycles. The van der Waals surface area contributed by atoms with Gasteiger partial charge in [0.05, 0.1) is 21.1 Å². The van der Waals surface area contributed by atoms with E-state index >= 15 is 0 Å². The summed E-state index contributed by atoms with van der Waals surface area (Å²) in [7, 11) is 0. The van der Waals surface area contributed by atoms with E-state index in [1.165, 1.54) is 11.8 Å². The highest BCUT2D eigenvalue weighted by molar-refractivity contribution is 8.18. The first-order chi connectivity index (χ1) is 15.0. The van der Waals surface area contributed by atoms with E-state index in [1.807, 2.05) is 30.5 Å². The standard InChI is InChI=1S/C22H18ClN5O2S/c23-17-5-4-15(25-20(29)14-2-1-3-14)12-18(17)26-22-27-21(30)19(31-22)11-13-7-9-28-16(10-13)6-8-24-28/h4-12,14H,1-3H2,(H,25,29)(H,26,27,30)/b19-11-. The van der Waals surface area contributed by atoms with Gasteiger partial charge in [0.25, 0.3) is 5.91 Å². The fourth-order valence-electron chi connectivity index (χ4n) is 3.36. The Bertz CT molecular complexity index is 1260. The first kappa shape index (κ1) is 19.8. The second-order valence-electron chi connectivity index (χ2n) is 7.43. The van der Waals surface area contributed by atoms with Gasteiger partial charge >= 0.3 is 0 Å². The molecule has 5 rings (SSSR count). The number of amides is 2.